The molecule has 2 heteroatoms. The third-order valence-electron chi connectivity index (χ3n) is 1.45. The van der Waals surface area contributed by atoms with Crippen LogP contribution < -0.4 is 0 Å². The SMILES string of the molecule is C[Si](C)(C)C=C=Nc1ccccc1. The topological polar surface area (TPSA) is 12.4 Å². The molecule has 0 unspecified atom stereocenters. The molecule has 13 heavy (non-hydrogen) atoms. The highest BCUT2D eigenvalue weighted by Crippen LogP contribution is 2.08. The maximum Gasteiger partial charge on any atom is 0.0802 e. The van der Waals surface area contributed by atoms with Crippen LogP contribution in [-0.2, 0) is 0 Å². The second-order valence-electron chi connectivity index (χ2n) is 4.09. The molecular weight excluding hydrogens is 174 g/mol. The summed E-state index contributed by atoms with van der Waals surface area (Å²) in [5.74, 6) is 3.00. The van der Waals surface area contributed by atoms with Gasteiger partial charge in [0.2, 0.25) is 0 Å². The molecule has 0 heterocycles. The van der Waals surface area contributed by atoms with Crippen molar-refractivity contribution in [2.75, 3.05) is 0 Å². The first-order valence-corrected chi connectivity index (χ1v) is 8.01. The first kappa shape index (κ1) is 9.97. The first-order valence-electron chi connectivity index (χ1n) is 4.44. The summed E-state index contributed by atoms with van der Waals surface area (Å²) in [5.41, 5.74) is 3.08. The van der Waals surface area contributed by atoms with E-state index in [9.17, 15) is 0 Å². The van der Waals surface area contributed by atoms with Crippen LogP contribution in [-0.4, -0.2) is 13.9 Å². The van der Waals surface area contributed by atoms with E-state index in [1.165, 1.54) is 0 Å². The fraction of sp³-hybridized carbons (Fsp3) is 0.273. The van der Waals surface area contributed by atoms with E-state index in [0.717, 1.165) is 5.69 Å². The van der Waals surface area contributed by atoms with Crippen molar-refractivity contribution in [3.63, 3.8) is 0 Å². The summed E-state index contributed by atoms with van der Waals surface area (Å²) in [5, 5.41) is 0. The minimum atomic E-state index is -1.14. The molecule has 1 nitrogen and oxygen atoms in total. The molecule has 0 fully saturated rings. The highest BCUT2D eigenvalue weighted by molar-refractivity contribution is 6.82. The van der Waals surface area contributed by atoms with E-state index in [0.29, 0.717) is 0 Å². The molecule has 0 amide bonds. The normalized spacial score (nSPS) is 10.4. The molecule has 1 aromatic rings. The Bertz CT molecular complexity index is 316. The van der Waals surface area contributed by atoms with Crippen LogP contribution in [0.3, 0.4) is 0 Å². The third-order valence-corrected chi connectivity index (χ3v) is 2.44. The van der Waals surface area contributed by atoms with Gasteiger partial charge >= 0.3 is 0 Å². The number of hydrogen-bond donors (Lipinski definition) is 0. The molecule has 0 bridgehead atoms. The number of rotatable bonds is 2. The number of hydrogen-bond acceptors (Lipinski definition) is 1. The molecule has 0 atom stereocenters. The van der Waals surface area contributed by atoms with E-state index >= 15 is 0 Å². The zero-order chi connectivity index (χ0) is 9.73. The van der Waals surface area contributed by atoms with Crippen molar-refractivity contribution in [2.24, 2.45) is 4.99 Å². The quantitative estimate of drug-likeness (QED) is 0.499. The number of nitrogens with zero attached hydrogens (tertiary/aromatic N) is 1. The van der Waals surface area contributed by atoms with Gasteiger partial charge in [-0.05, 0) is 23.7 Å². The zero-order valence-corrected chi connectivity index (χ0v) is 9.41. The largest absolute Gasteiger partial charge is 0.207 e. The molecule has 0 aliphatic carbocycles. The number of aliphatic imine (C=N–C) groups is 1. The predicted molar refractivity (Wildman–Crippen MR) is 61.5 cm³/mol. The van der Waals surface area contributed by atoms with Crippen molar-refractivity contribution in [3.8, 4) is 0 Å². The van der Waals surface area contributed by atoms with Gasteiger partial charge in [0.1, 0.15) is 0 Å². The van der Waals surface area contributed by atoms with Crippen LogP contribution in [0, 0.1) is 0 Å². The molecular formula is C11H15NSi. The van der Waals surface area contributed by atoms with Crippen LogP contribution in [0.15, 0.2) is 41.0 Å². The van der Waals surface area contributed by atoms with Crippen molar-refractivity contribution in [1.29, 1.82) is 0 Å². The lowest BCUT2D eigenvalue weighted by molar-refractivity contribution is 1.55. The summed E-state index contributed by atoms with van der Waals surface area (Å²) in [7, 11) is -1.14. The average molecular weight is 189 g/mol. The standard InChI is InChI=1S/C11H15NSi/c1-13(2,3)10-9-12-11-7-5-4-6-8-11/h4-8,10H,1-3H3. The number of benzene rings is 1. The number of para-hydroxylation sites is 1. The van der Waals surface area contributed by atoms with Crippen LogP contribution in [0.5, 0.6) is 0 Å². The second-order valence-corrected chi connectivity index (χ2v) is 9.11. The molecule has 1 aromatic carbocycles. The van der Waals surface area contributed by atoms with Crippen LogP contribution in [0.4, 0.5) is 5.69 Å². The van der Waals surface area contributed by atoms with Crippen molar-refractivity contribution in [2.45, 2.75) is 19.6 Å². The van der Waals surface area contributed by atoms with Crippen molar-refractivity contribution >= 4 is 19.6 Å². The van der Waals surface area contributed by atoms with Gasteiger partial charge in [-0.3, -0.25) is 0 Å². The fourth-order valence-corrected chi connectivity index (χ4v) is 1.25. The Morgan fingerprint density at radius 2 is 1.77 bits per heavy atom. The van der Waals surface area contributed by atoms with Gasteiger partial charge in [-0.25, -0.2) is 4.99 Å². The Morgan fingerprint density at radius 1 is 1.15 bits per heavy atom. The summed E-state index contributed by atoms with van der Waals surface area (Å²) in [6, 6.07) is 9.90. The van der Waals surface area contributed by atoms with Crippen LogP contribution >= 0.6 is 0 Å². The summed E-state index contributed by atoms with van der Waals surface area (Å²) in [4.78, 5) is 4.22. The second kappa shape index (κ2) is 4.22. The molecule has 0 aliphatic rings. The Morgan fingerprint density at radius 3 is 2.31 bits per heavy atom. The minimum Gasteiger partial charge on any atom is -0.207 e. The summed E-state index contributed by atoms with van der Waals surface area (Å²) >= 11 is 0. The molecule has 0 saturated heterocycles. The Balaban J connectivity index is 2.75. The third kappa shape index (κ3) is 4.46. The van der Waals surface area contributed by atoms with E-state index < -0.39 is 8.07 Å². The Labute approximate surface area is 80.8 Å². The smallest absolute Gasteiger partial charge is 0.0802 e. The van der Waals surface area contributed by atoms with E-state index in [-0.39, 0.29) is 0 Å². The average Bonchev–Trinajstić information content (AvgIpc) is 2.04. The molecule has 0 N–H and O–H groups in total. The minimum absolute atomic E-state index is 0.969. The fourth-order valence-electron chi connectivity index (χ4n) is 0.803. The van der Waals surface area contributed by atoms with Crippen LogP contribution in [0.25, 0.3) is 0 Å². The highest BCUT2D eigenvalue weighted by Gasteiger charge is 2.06. The maximum atomic E-state index is 4.22. The summed E-state index contributed by atoms with van der Waals surface area (Å²) in [6.07, 6.45) is 0. The van der Waals surface area contributed by atoms with Gasteiger partial charge in [-0.1, -0.05) is 37.8 Å². The molecule has 0 aliphatic heterocycles. The lowest BCUT2D eigenvalue weighted by atomic mass is 10.3. The van der Waals surface area contributed by atoms with Crippen LogP contribution in [0.1, 0.15) is 0 Å². The Kier molecular flexibility index (Phi) is 3.23. The van der Waals surface area contributed by atoms with Gasteiger partial charge in [0.05, 0.1) is 13.8 Å². The lowest BCUT2D eigenvalue weighted by Gasteiger charge is -2.04. The van der Waals surface area contributed by atoms with E-state index in [1.807, 2.05) is 30.3 Å². The molecule has 0 spiro atoms. The lowest BCUT2D eigenvalue weighted by Crippen LogP contribution is -2.15. The van der Waals surface area contributed by atoms with Gasteiger partial charge < -0.3 is 0 Å². The molecule has 68 valence electrons. The van der Waals surface area contributed by atoms with Gasteiger partial charge in [0, 0.05) is 0 Å². The van der Waals surface area contributed by atoms with Crippen LogP contribution in [0.2, 0.25) is 19.6 Å². The highest BCUT2D eigenvalue weighted by atomic mass is 28.3. The molecule has 0 radical (unpaired) electrons. The van der Waals surface area contributed by atoms with Crippen molar-refractivity contribution in [1.82, 2.24) is 0 Å². The molecule has 1 rings (SSSR count). The van der Waals surface area contributed by atoms with E-state index in [2.05, 4.69) is 36.2 Å². The summed E-state index contributed by atoms with van der Waals surface area (Å²) < 4.78 is 0. The van der Waals surface area contributed by atoms with E-state index in [1.54, 1.807) is 0 Å². The predicted octanol–water partition coefficient (Wildman–Crippen LogP) is 3.42. The Hall–Kier alpha value is -1.11. The zero-order valence-electron chi connectivity index (χ0n) is 8.41. The van der Waals surface area contributed by atoms with E-state index in [4.69, 9.17) is 0 Å². The molecule has 0 saturated carbocycles. The monoisotopic (exact) mass is 189 g/mol. The van der Waals surface area contributed by atoms with Gasteiger partial charge in [0.15, 0.2) is 0 Å². The maximum absolute atomic E-state index is 4.22. The first-order chi connectivity index (χ1) is 6.08. The van der Waals surface area contributed by atoms with Crippen molar-refractivity contribution < 1.29 is 0 Å². The van der Waals surface area contributed by atoms with Crippen molar-refractivity contribution in [3.05, 3.63) is 36.0 Å². The van der Waals surface area contributed by atoms with Gasteiger partial charge in [-0.2, -0.15) is 0 Å². The summed E-state index contributed by atoms with van der Waals surface area (Å²) in [6.45, 7) is 6.79. The molecule has 0 aromatic heterocycles. The van der Waals surface area contributed by atoms with Gasteiger partial charge in [-0.15, -0.1) is 0 Å². The van der Waals surface area contributed by atoms with Gasteiger partial charge in [0.25, 0.3) is 0 Å².